The Balaban J connectivity index is 1.25. The van der Waals surface area contributed by atoms with Gasteiger partial charge < -0.3 is 20.3 Å². The van der Waals surface area contributed by atoms with E-state index in [-0.39, 0.29) is 79.1 Å². The number of nitrogens with zero attached hydrogens (tertiary/aromatic N) is 1. The van der Waals surface area contributed by atoms with Crippen LogP contribution >= 0.6 is 0 Å². The molecule has 4 aliphatic rings. The first-order valence-corrected chi connectivity index (χ1v) is 15.2. The molecule has 0 unspecified atom stereocenters. The minimum atomic E-state index is -1.71. The summed E-state index contributed by atoms with van der Waals surface area (Å²) in [6.07, 6.45) is 6.87. The second-order valence-electron chi connectivity index (χ2n) is 13.1. The Morgan fingerprint density at radius 2 is 1.83 bits per heavy atom. The number of esters is 1. The van der Waals surface area contributed by atoms with Crippen molar-refractivity contribution in [3.8, 4) is 0 Å². The maximum absolute atomic E-state index is 13.4. The number of aliphatic hydroxyl groups excluding tert-OH is 1. The van der Waals surface area contributed by atoms with E-state index < -0.39 is 35.5 Å². The first kappa shape index (κ1) is 32.7. The van der Waals surface area contributed by atoms with Crippen molar-refractivity contribution in [3.05, 3.63) is 11.6 Å². The van der Waals surface area contributed by atoms with E-state index in [1.165, 1.54) is 0 Å². The van der Waals surface area contributed by atoms with E-state index >= 15 is 0 Å². The van der Waals surface area contributed by atoms with Gasteiger partial charge in [0.05, 0.1) is 24.5 Å². The average Bonchev–Trinajstić information content (AvgIpc) is 3.20. The van der Waals surface area contributed by atoms with Crippen molar-refractivity contribution in [2.45, 2.75) is 103 Å². The van der Waals surface area contributed by atoms with Crippen molar-refractivity contribution >= 4 is 23.4 Å². The fraction of sp³-hybridized carbons (Fsp3) is 0.800. The van der Waals surface area contributed by atoms with Gasteiger partial charge in [-0.2, -0.15) is 0 Å². The number of hydrogen-bond donors (Lipinski definition) is 5. The topological polar surface area (TPSA) is 183 Å². The number of ketones is 2. The van der Waals surface area contributed by atoms with Gasteiger partial charge in [0.25, 0.3) is 0 Å². The number of fused-ring (bicyclic) bond motifs is 5. The van der Waals surface area contributed by atoms with Crippen LogP contribution in [0.15, 0.2) is 11.6 Å². The highest BCUT2D eigenvalue weighted by atomic mass is 17.1. The van der Waals surface area contributed by atoms with Gasteiger partial charge in [0, 0.05) is 24.8 Å². The van der Waals surface area contributed by atoms with Gasteiger partial charge in [-0.15, -0.1) is 0 Å². The van der Waals surface area contributed by atoms with Gasteiger partial charge in [-0.3, -0.25) is 34.4 Å². The molecule has 4 rings (SSSR count). The molecule has 1 amide bonds. The number of Topliss-reactive ketones (excluding diaryl/α,β-unsaturated/α-hetero) is 1. The predicted molar refractivity (Wildman–Crippen MR) is 146 cm³/mol. The van der Waals surface area contributed by atoms with Crippen molar-refractivity contribution in [1.29, 1.82) is 0 Å². The summed E-state index contributed by atoms with van der Waals surface area (Å²) in [7, 11) is 0. The van der Waals surface area contributed by atoms with Crippen molar-refractivity contribution in [1.82, 2.24) is 10.7 Å². The summed E-state index contributed by atoms with van der Waals surface area (Å²) in [6, 6.07) is 0. The van der Waals surface area contributed by atoms with Crippen LogP contribution in [0.3, 0.4) is 0 Å². The van der Waals surface area contributed by atoms with Crippen LogP contribution in [0.4, 0.5) is 0 Å². The molecule has 5 N–H and O–H groups in total. The maximum Gasteiger partial charge on any atom is 0.308 e. The lowest BCUT2D eigenvalue weighted by atomic mass is 9.45. The SMILES string of the molecule is C[C@]12CCC(=O)C=C1CC[C@@H]1[C@@H]2[C@@H](O)C[C@@]2(C)[C@H]1CC[C@]2(O)C(=O)COC(=O)CCNC(=O)CCCCCON(O)O. The predicted octanol–water partition coefficient (Wildman–Crippen LogP) is 2.41. The van der Waals surface area contributed by atoms with E-state index in [1.807, 2.05) is 6.92 Å². The number of allylic oxidation sites excluding steroid dienone is 1. The lowest BCUT2D eigenvalue weighted by Crippen LogP contribution is -2.62. The zero-order chi connectivity index (χ0) is 30.7. The third-order valence-electron chi connectivity index (χ3n) is 10.8. The lowest BCUT2D eigenvalue weighted by Gasteiger charge is -2.60. The molecular formula is C30H46N2O10. The van der Waals surface area contributed by atoms with Crippen LogP contribution in [0, 0.1) is 28.6 Å². The molecule has 7 atom stereocenters. The summed E-state index contributed by atoms with van der Waals surface area (Å²) in [5, 5.41) is 42.4. The monoisotopic (exact) mass is 594 g/mol. The summed E-state index contributed by atoms with van der Waals surface area (Å²) in [5.74, 6) is -1.17. The van der Waals surface area contributed by atoms with E-state index in [4.69, 9.17) is 15.2 Å². The van der Waals surface area contributed by atoms with Crippen LogP contribution in [-0.2, 0) is 28.8 Å². The lowest BCUT2D eigenvalue weighted by molar-refractivity contribution is -0.492. The first-order chi connectivity index (χ1) is 19.8. The van der Waals surface area contributed by atoms with Gasteiger partial charge in [-0.1, -0.05) is 25.8 Å². The fourth-order valence-electron chi connectivity index (χ4n) is 8.59. The molecule has 4 aliphatic carbocycles. The normalized spacial score (nSPS) is 35.6. The van der Waals surface area contributed by atoms with E-state index in [2.05, 4.69) is 17.1 Å². The number of nitrogens with one attached hydrogen (secondary N) is 1. The van der Waals surface area contributed by atoms with Crippen molar-refractivity contribution in [2.75, 3.05) is 19.8 Å². The summed E-state index contributed by atoms with van der Waals surface area (Å²) >= 11 is 0. The van der Waals surface area contributed by atoms with Crippen molar-refractivity contribution < 1.29 is 49.4 Å². The van der Waals surface area contributed by atoms with Gasteiger partial charge in [0.1, 0.15) is 5.60 Å². The first-order valence-electron chi connectivity index (χ1n) is 15.2. The third-order valence-corrected chi connectivity index (χ3v) is 10.8. The Bertz CT molecular complexity index is 1080. The highest BCUT2D eigenvalue weighted by Gasteiger charge is 2.68. The van der Waals surface area contributed by atoms with Gasteiger partial charge in [-0.05, 0) is 80.6 Å². The molecule has 0 saturated heterocycles. The van der Waals surface area contributed by atoms with E-state index in [0.717, 1.165) is 18.4 Å². The van der Waals surface area contributed by atoms with Crippen LogP contribution in [0.2, 0.25) is 0 Å². The maximum atomic E-state index is 13.4. The fourth-order valence-corrected chi connectivity index (χ4v) is 8.59. The van der Waals surface area contributed by atoms with Crippen molar-refractivity contribution in [2.24, 2.45) is 28.6 Å². The summed E-state index contributed by atoms with van der Waals surface area (Å²) in [6.45, 7) is 3.64. The van der Waals surface area contributed by atoms with E-state index in [0.29, 0.717) is 38.5 Å². The molecule has 3 saturated carbocycles. The smallest absolute Gasteiger partial charge is 0.308 e. The van der Waals surface area contributed by atoms with Gasteiger partial charge in [0.15, 0.2) is 12.4 Å². The van der Waals surface area contributed by atoms with Gasteiger partial charge >= 0.3 is 5.97 Å². The zero-order valence-electron chi connectivity index (χ0n) is 24.7. The number of ether oxygens (including phenoxy) is 1. The second-order valence-corrected chi connectivity index (χ2v) is 13.1. The average molecular weight is 595 g/mol. The Hall–Kier alpha value is -2.22. The summed E-state index contributed by atoms with van der Waals surface area (Å²) in [5.41, 5.74) is -1.70. The number of aliphatic hydroxyl groups is 2. The second kappa shape index (κ2) is 13.2. The highest BCUT2D eigenvalue weighted by Crippen LogP contribution is 2.67. The minimum Gasteiger partial charge on any atom is -0.457 e. The number of hydrogen-bond acceptors (Lipinski definition) is 11. The summed E-state index contributed by atoms with van der Waals surface area (Å²) < 4.78 is 5.20. The molecule has 12 nitrogen and oxygen atoms in total. The standard InChI is InChI=1S/C30H46N2O10/c1-28-12-9-20(33)16-19(28)7-8-21-22-10-13-30(38,29(22,2)17-23(34)27(21)28)24(35)18-41-26(37)11-14-31-25(36)6-4-3-5-15-42-32(39)40/h16,21-23,27,34,38-40H,3-15,17-18H2,1-2H3,(H,31,36)/t21-,22-,23-,27+,28-,29-,30-/m0/s1. The van der Waals surface area contributed by atoms with Gasteiger partial charge in [0.2, 0.25) is 11.7 Å². The Morgan fingerprint density at radius 1 is 1.07 bits per heavy atom. The Morgan fingerprint density at radius 3 is 2.57 bits per heavy atom. The number of rotatable bonds is 13. The van der Waals surface area contributed by atoms with Crippen LogP contribution in [0.5, 0.6) is 0 Å². The zero-order valence-corrected chi connectivity index (χ0v) is 24.7. The molecule has 0 bridgehead atoms. The number of unbranched alkanes of at least 4 members (excludes halogenated alkanes) is 2. The number of carbonyl (C=O) groups is 4. The molecule has 0 aromatic carbocycles. The number of carbonyl (C=O) groups excluding carboxylic acids is 4. The summed E-state index contributed by atoms with van der Waals surface area (Å²) in [4.78, 5) is 54.1. The van der Waals surface area contributed by atoms with Crippen LogP contribution in [0.25, 0.3) is 0 Å². The highest BCUT2D eigenvalue weighted by molar-refractivity contribution is 5.92. The molecule has 3 fully saturated rings. The molecule has 0 radical (unpaired) electrons. The molecule has 0 aromatic heterocycles. The Labute approximate surface area is 246 Å². The van der Waals surface area contributed by atoms with E-state index in [9.17, 15) is 29.4 Å². The van der Waals surface area contributed by atoms with Crippen molar-refractivity contribution in [3.63, 3.8) is 0 Å². The molecule has 42 heavy (non-hydrogen) atoms. The molecule has 12 heteroatoms. The quantitative estimate of drug-likeness (QED) is 0.120. The van der Waals surface area contributed by atoms with Crippen LogP contribution in [-0.4, -0.2) is 80.9 Å². The largest absolute Gasteiger partial charge is 0.457 e. The Kier molecular flexibility index (Phi) is 10.3. The molecule has 0 heterocycles. The van der Waals surface area contributed by atoms with Crippen LogP contribution in [0.1, 0.15) is 90.9 Å². The minimum absolute atomic E-state index is 0.0262. The molecular weight excluding hydrogens is 548 g/mol. The molecule has 0 aromatic rings. The molecule has 0 aliphatic heterocycles. The third kappa shape index (κ3) is 6.48. The van der Waals surface area contributed by atoms with Gasteiger partial charge in [-0.25, -0.2) is 0 Å². The number of amides is 1. The van der Waals surface area contributed by atoms with Crippen LogP contribution < -0.4 is 5.32 Å². The molecule has 236 valence electrons. The molecule has 0 spiro atoms. The van der Waals surface area contributed by atoms with E-state index in [1.54, 1.807) is 6.08 Å².